The summed E-state index contributed by atoms with van der Waals surface area (Å²) in [6.45, 7) is 6.54. The van der Waals surface area contributed by atoms with E-state index >= 15 is 0 Å². The van der Waals surface area contributed by atoms with Crippen molar-refractivity contribution in [3.63, 3.8) is 0 Å². The molecule has 2 aromatic rings. The van der Waals surface area contributed by atoms with Crippen LogP contribution in [0.5, 0.6) is 0 Å². The molecular formula is C17H20Cl2N4OS. The molecule has 1 amide bonds. The molecule has 0 aliphatic carbocycles. The summed E-state index contributed by atoms with van der Waals surface area (Å²) in [5.41, 5.74) is 0.569. The summed E-state index contributed by atoms with van der Waals surface area (Å²) in [6.07, 6.45) is 4.81. The Balaban J connectivity index is 1.98. The number of halogens is 2. The number of rotatable bonds is 9. The Kier molecular flexibility index (Phi) is 7.81. The molecular weight excluding hydrogens is 379 g/mol. The molecule has 25 heavy (non-hydrogen) atoms. The van der Waals surface area contributed by atoms with Crippen LogP contribution < -0.4 is 5.32 Å². The van der Waals surface area contributed by atoms with Gasteiger partial charge in [0.25, 0.3) is 0 Å². The van der Waals surface area contributed by atoms with E-state index in [0.717, 1.165) is 25.1 Å². The maximum Gasteiger partial charge on any atom is 0.234 e. The molecule has 0 bridgehead atoms. The van der Waals surface area contributed by atoms with E-state index in [1.807, 2.05) is 4.57 Å². The Morgan fingerprint density at radius 3 is 2.68 bits per heavy atom. The van der Waals surface area contributed by atoms with E-state index in [4.69, 9.17) is 23.2 Å². The Morgan fingerprint density at radius 1 is 1.32 bits per heavy atom. The van der Waals surface area contributed by atoms with Crippen LogP contribution in [0.15, 0.2) is 36.0 Å². The summed E-state index contributed by atoms with van der Waals surface area (Å²) in [6, 6.07) is 4.92. The number of hydrogen-bond donors (Lipinski definition) is 1. The first-order valence-corrected chi connectivity index (χ1v) is 9.69. The first-order chi connectivity index (χ1) is 12.0. The average molecular weight is 399 g/mol. The monoisotopic (exact) mass is 398 g/mol. The highest BCUT2D eigenvalue weighted by molar-refractivity contribution is 7.99. The van der Waals surface area contributed by atoms with Crippen LogP contribution in [0.1, 0.15) is 25.6 Å². The van der Waals surface area contributed by atoms with Gasteiger partial charge >= 0.3 is 0 Å². The van der Waals surface area contributed by atoms with Crippen LogP contribution in [0.25, 0.3) is 0 Å². The van der Waals surface area contributed by atoms with Crippen LogP contribution in [-0.2, 0) is 17.8 Å². The molecule has 8 heteroatoms. The molecule has 2 rings (SSSR count). The predicted octanol–water partition coefficient (Wildman–Crippen LogP) is 4.84. The van der Waals surface area contributed by atoms with Crippen molar-refractivity contribution in [1.82, 2.24) is 14.8 Å². The zero-order chi connectivity index (χ0) is 18.2. The number of thioether (sulfide) groups is 1. The Bertz CT molecular complexity index is 728. The van der Waals surface area contributed by atoms with Crippen molar-refractivity contribution in [2.24, 2.45) is 0 Å². The highest BCUT2D eigenvalue weighted by Crippen LogP contribution is 2.23. The van der Waals surface area contributed by atoms with Gasteiger partial charge in [-0.2, -0.15) is 0 Å². The van der Waals surface area contributed by atoms with Crippen molar-refractivity contribution in [3.8, 4) is 0 Å². The zero-order valence-corrected chi connectivity index (χ0v) is 16.3. The Hall–Kier alpha value is -1.50. The SMILES string of the molecule is C=CCn1c(CCCC)nnc1SCC(=O)Nc1cc(Cl)cc(Cl)c1. The molecule has 1 heterocycles. The third kappa shape index (κ3) is 6.06. The molecule has 1 aromatic carbocycles. The number of hydrogen-bond acceptors (Lipinski definition) is 4. The fraction of sp³-hybridized carbons (Fsp3) is 0.353. The van der Waals surface area contributed by atoms with E-state index < -0.39 is 0 Å². The number of amides is 1. The number of nitrogens with one attached hydrogen (secondary N) is 1. The standard InChI is InChI=1S/C17H20Cl2N4OS/c1-3-5-6-15-21-22-17(23(15)7-4-2)25-11-16(24)20-14-9-12(18)8-13(19)10-14/h4,8-10H,2-3,5-7,11H2,1H3,(H,20,24). The van der Waals surface area contributed by atoms with Crippen LogP contribution in [0.4, 0.5) is 5.69 Å². The molecule has 0 fully saturated rings. The molecule has 1 N–H and O–H groups in total. The summed E-state index contributed by atoms with van der Waals surface area (Å²) in [5.74, 6) is 0.977. The van der Waals surface area contributed by atoms with Gasteiger partial charge in [-0.25, -0.2) is 0 Å². The minimum atomic E-state index is -0.161. The summed E-state index contributed by atoms with van der Waals surface area (Å²) in [7, 11) is 0. The minimum absolute atomic E-state index is 0.161. The topological polar surface area (TPSA) is 59.8 Å². The van der Waals surface area contributed by atoms with Crippen molar-refractivity contribution in [1.29, 1.82) is 0 Å². The van der Waals surface area contributed by atoms with Crippen LogP contribution in [0.3, 0.4) is 0 Å². The third-order valence-corrected chi connectivity index (χ3v) is 4.74. The van der Waals surface area contributed by atoms with E-state index in [9.17, 15) is 4.79 Å². The molecule has 5 nitrogen and oxygen atoms in total. The number of benzene rings is 1. The maximum absolute atomic E-state index is 12.2. The van der Waals surface area contributed by atoms with E-state index in [2.05, 4.69) is 29.0 Å². The Morgan fingerprint density at radius 2 is 2.04 bits per heavy atom. The molecule has 1 aromatic heterocycles. The molecule has 134 valence electrons. The number of aryl methyl sites for hydroxylation is 1. The van der Waals surface area contributed by atoms with Crippen molar-refractivity contribution >= 4 is 46.6 Å². The van der Waals surface area contributed by atoms with Crippen molar-refractivity contribution < 1.29 is 4.79 Å². The van der Waals surface area contributed by atoms with Gasteiger partial charge in [0.2, 0.25) is 5.91 Å². The largest absolute Gasteiger partial charge is 0.325 e. The van der Waals surface area contributed by atoms with Gasteiger partial charge in [0.05, 0.1) is 5.75 Å². The number of allylic oxidation sites excluding steroid dienone is 1. The van der Waals surface area contributed by atoms with Crippen LogP contribution >= 0.6 is 35.0 Å². The first-order valence-electron chi connectivity index (χ1n) is 7.95. The minimum Gasteiger partial charge on any atom is -0.325 e. The van der Waals surface area contributed by atoms with Gasteiger partial charge < -0.3 is 9.88 Å². The number of nitrogens with zero attached hydrogens (tertiary/aromatic N) is 3. The van der Waals surface area contributed by atoms with Crippen molar-refractivity contribution in [3.05, 3.63) is 46.7 Å². The highest BCUT2D eigenvalue weighted by Gasteiger charge is 2.13. The lowest BCUT2D eigenvalue weighted by atomic mass is 10.2. The zero-order valence-electron chi connectivity index (χ0n) is 14.0. The summed E-state index contributed by atoms with van der Waals surface area (Å²) >= 11 is 13.2. The number of unbranched alkanes of at least 4 members (excludes halogenated alkanes) is 1. The quantitative estimate of drug-likeness (QED) is 0.484. The van der Waals surface area contributed by atoms with Crippen molar-refractivity contribution in [2.45, 2.75) is 37.9 Å². The van der Waals surface area contributed by atoms with E-state index in [0.29, 0.717) is 27.4 Å². The van der Waals surface area contributed by atoms with Gasteiger partial charge in [-0.15, -0.1) is 16.8 Å². The van der Waals surface area contributed by atoms with Gasteiger partial charge in [-0.05, 0) is 24.6 Å². The highest BCUT2D eigenvalue weighted by atomic mass is 35.5. The van der Waals surface area contributed by atoms with E-state index in [1.165, 1.54) is 11.8 Å². The second kappa shape index (κ2) is 9.85. The molecule has 0 aliphatic rings. The maximum atomic E-state index is 12.2. The second-order valence-corrected chi connectivity index (χ2v) is 7.21. The number of carbonyl (C=O) groups excluding carboxylic acids is 1. The molecule has 0 aliphatic heterocycles. The van der Waals surface area contributed by atoms with Gasteiger partial charge in [0, 0.05) is 28.7 Å². The van der Waals surface area contributed by atoms with E-state index in [-0.39, 0.29) is 11.7 Å². The number of carbonyl (C=O) groups is 1. The lowest BCUT2D eigenvalue weighted by molar-refractivity contribution is -0.113. The second-order valence-electron chi connectivity index (χ2n) is 5.40. The van der Waals surface area contributed by atoms with Gasteiger partial charge in [0.1, 0.15) is 5.82 Å². The number of aromatic nitrogens is 3. The first kappa shape index (κ1) is 19.8. The third-order valence-electron chi connectivity index (χ3n) is 3.34. The molecule has 0 saturated heterocycles. The molecule has 0 saturated carbocycles. The van der Waals surface area contributed by atoms with E-state index in [1.54, 1.807) is 24.3 Å². The van der Waals surface area contributed by atoms with Gasteiger partial charge in [0.15, 0.2) is 5.16 Å². The van der Waals surface area contributed by atoms with Gasteiger partial charge in [-0.1, -0.05) is 54.4 Å². The van der Waals surface area contributed by atoms with Crippen LogP contribution in [0.2, 0.25) is 10.0 Å². The number of anilines is 1. The molecule has 0 atom stereocenters. The van der Waals surface area contributed by atoms with Crippen LogP contribution in [-0.4, -0.2) is 26.4 Å². The predicted molar refractivity (Wildman–Crippen MR) is 105 cm³/mol. The lowest BCUT2D eigenvalue weighted by Crippen LogP contribution is -2.14. The smallest absolute Gasteiger partial charge is 0.234 e. The lowest BCUT2D eigenvalue weighted by Gasteiger charge is -2.08. The average Bonchev–Trinajstić information content (AvgIpc) is 2.92. The molecule has 0 unspecified atom stereocenters. The molecule has 0 radical (unpaired) electrons. The fourth-order valence-electron chi connectivity index (χ4n) is 2.21. The molecule has 0 spiro atoms. The van der Waals surface area contributed by atoms with Crippen LogP contribution in [0, 0.1) is 0 Å². The summed E-state index contributed by atoms with van der Waals surface area (Å²) < 4.78 is 2.00. The van der Waals surface area contributed by atoms with Crippen molar-refractivity contribution in [2.75, 3.05) is 11.1 Å². The van der Waals surface area contributed by atoms with Gasteiger partial charge in [-0.3, -0.25) is 4.79 Å². The summed E-state index contributed by atoms with van der Waals surface area (Å²) in [5, 5.41) is 12.9. The fourth-order valence-corrected chi connectivity index (χ4v) is 3.50. The summed E-state index contributed by atoms with van der Waals surface area (Å²) in [4.78, 5) is 12.2. The normalized spacial score (nSPS) is 10.7. The Labute approximate surface area is 161 Å².